The van der Waals surface area contributed by atoms with Crippen molar-refractivity contribution in [3.05, 3.63) is 107 Å². The Morgan fingerprint density at radius 2 is 1.86 bits per heavy atom. The average Bonchev–Trinajstić information content (AvgIpc) is 3.44. The Balaban J connectivity index is 0.000000182. The fraction of sp³-hybridized carbons (Fsp3) is 0.273. The van der Waals surface area contributed by atoms with Crippen LogP contribution in [0.5, 0.6) is 0 Å². The largest absolute Gasteiger partial charge is 0.491 e. The molecule has 0 saturated carbocycles. The smallest absolute Gasteiger partial charge is 0.423 e. The van der Waals surface area contributed by atoms with Crippen molar-refractivity contribution in [2.24, 2.45) is 11.7 Å². The Morgan fingerprint density at radius 1 is 1.11 bits per heavy atom. The molecule has 0 unspecified atom stereocenters. The third kappa shape index (κ3) is 7.24. The normalized spacial score (nSPS) is 16.8. The highest BCUT2D eigenvalue weighted by atomic mass is 19.1. The molecule has 11 heteroatoms. The molecule has 0 bridgehead atoms. The van der Waals surface area contributed by atoms with Gasteiger partial charge < -0.3 is 25.7 Å². The van der Waals surface area contributed by atoms with E-state index < -0.39 is 30.1 Å². The fourth-order valence-corrected chi connectivity index (χ4v) is 5.63. The second-order valence-corrected chi connectivity index (χ2v) is 10.6. The molecule has 0 saturated heterocycles. The topological polar surface area (TPSA) is 123 Å². The van der Waals surface area contributed by atoms with Crippen LogP contribution >= 0.6 is 0 Å². The molecule has 8 nitrogen and oxygen atoms in total. The second kappa shape index (κ2) is 14.4. The number of nitrogens with two attached hydrogens (primary N) is 1. The van der Waals surface area contributed by atoms with Crippen molar-refractivity contribution in [2.75, 3.05) is 26.7 Å². The Morgan fingerprint density at radius 3 is 2.45 bits per heavy atom. The van der Waals surface area contributed by atoms with Gasteiger partial charge in [0.25, 0.3) is 0 Å². The number of benzene rings is 3. The summed E-state index contributed by atoms with van der Waals surface area (Å²) in [5, 5.41) is 18.3. The van der Waals surface area contributed by atoms with Crippen molar-refractivity contribution in [3.63, 3.8) is 0 Å². The quantitative estimate of drug-likeness (QED) is 0.262. The molecule has 0 spiro atoms. The van der Waals surface area contributed by atoms with E-state index in [1.807, 2.05) is 4.90 Å². The highest BCUT2D eigenvalue weighted by molar-refractivity contribution is 6.58. The minimum Gasteiger partial charge on any atom is -0.423 e. The average molecular weight is 601 g/mol. The minimum atomic E-state index is -1.97. The number of aromatic nitrogens is 1. The number of carbonyl (C=O) groups is 2. The van der Waals surface area contributed by atoms with Crippen LogP contribution in [0.3, 0.4) is 0 Å². The van der Waals surface area contributed by atoms with Crippen LogP contribution < -0.4 is 11.2 Å². The summed E-state index contributed by atoms with van der Waals surface area (Å²) in [5.41, 5.74) is 10.1. The highest BCUT2D eigenvalue weighted by Crippen LogP contribution is 2.40. The number of carbonyl (C=O) groups excluding carboxylic acids is 2. The predicted octanol–water partition coefficient (Wildman–Crippen LogP) is 3.14. The maximum atomic E-state index is 12.9. The van der Waals surface area contributed by atoms with Crippen LogP contribution in [0.2, 0.25) is 0 Å². The zero-order valence-corrected chi connectivity index (χ0v) is 24.9. The number of primary amides is 1. The Bertz CT molecular complexity index is 1640. The molecule has 229 valence electrons. The molecule has 1 aliphatic heterocycles. The summed E-state index contributed by atoms with van der Waals surface area (Å²) in [5.74, 6) is -1.76. The first-order chi connectivity index (χ1) is 21.0. The third-order valence-electron chi connectivity index (χ3n) is 7.87. The summed E-state index contributed by atoms with van der Waals surface area (Å²) in [7, 11) is 0.184. The summed E-state index contributed by atoms with van der Waals surface area (Å²) >= 11 is 0. The Kier molecular flexibility index (Phi) is 10.7. The molecule has 44 heavy (non-hydrogen) atoms. The van der Waals surface area contributed by atoms with E-state index >= 15 is 0 Å². The van der Waals surface area contributed by atoms with Crippen LogP contribution in [0.15, 0.2) is 72.9 Å². The Labute approximate surface area is 255 Å². The van der Waals surface area contributed by atoms with Crippen molar-refractivity contribution in [2.45, 2.75) is 26.3 Å². The van der Waals surface area contributed by atoms with Gasteiger partial charge in [-0.3, -0.25) is 14.5 Å². The van der Waals surface area contributed by atoms with Gasteiger partial charge in [0.15, 0.2) is 0 Å². The molecule has 1 aromatic heterocycles. The van der Waals surface area contributed by atoms with Gasteiger partial charge in [0, 0.05) is 53.8 Å². The third-order valence-corrected chi connectivity index (χ3v) is 7.87. The number of hydrogen-bond donors (Lipinski definition) is 4. The summed E-state index contributed by atoms with van der Waals surface area (Å²) in [4.78, 5) is 31.0. The molecular formula is C33H36BF2N4O4. The van der Waals surface area contributed by atoms with Gasteiger partial charge in [-0.25, -0.2) is 8.78 Å². The summed E-state index contributed by atoms with van der Waals surface area (Å²) in [6.07, 6.45) is 5.41. The number of fused-ring (bicyclic) bond motifs is 2. The summed E-state index contributed by atoms with van der Waals surface area (Å²) in [6.45, 7) is 6.47. The SMILES string of the molecule is CCN(CC)C(=O)[C@@H]1C=C2c3cccc4[nH]cc(c34)C[C@H]2N(C)C1.NC(=O)c1[c]cccc1.OB(O)c1cc(F)ccc1F. The molecule has 6 rings (SSSR count). The van der Waals surface area contributed by atoms with Crippen LogP contribution in [-0.4, -0.2) is 76.5 Å². The molecule has 3 aromatic carbocycles. The van der Waals surface area contributed by atoms with Crippen LogP contribution in [0.25, 0.3) is 16.5 Å². The van der Waals surface area contributed by atoms with Crippen molar-refractivity contribution in [3.8, 4) is 0 Å². The molecular weight excluding hydrogens is 565 g/mol. The van der Waals surface area contributed by atoms with Gasteiger partial charge in [-0.1, -0.05) is 36.4 Å². The van der Waals surface area contributed by atoms with Gasteiger partial charge in [-0.15, -0.1) is 0 Å². The number of aromatic amines is 1. The molecule has 2 amide bonds. The van der Waals surface area contributed by atoms with E-state index in [9.17, 15) is 18.4 Å². The van der Waals surface area contributed by atoms with Gasteiger partial charge in [-0.2, -0.15) is 0 Å². The molecule has 5 N–H and O–H groups in total. The number of nitrogens with one attached hydrogen (secondary N) is 1. The lowest BCUT2D eigenvalue weighted by Gasteiger charge is -2.40. The van der Waals surface area contributed by atoms with Gasteiger partial charge >= 0.3 is 7.12 Å². The minimum absolute atomic E-state index is 0.0445. The second-order valence-electron chi connectivity index (χ2n) is 10.6. The highest BCUT2D eigenvalue weighted by Gasteiger charge is 2.36. The molecule has 0 fully saturated rings. The molecule has 1 aliphatic carbocycles. The van der Waals surface area contributed by atoms with Crippen LogP contribution in [0, 0.1) is 23.6 Å². The first kappa shape index (κ1) is 32.6. The molecule has 2 heterocycles. The van der Waals surface area contributed by atoms with E-state index in [2.05, 4.69) is 67.3 Å². The number of amides is 2. The van der Waals surface area contributed by atoms with E-state index in [1.165, 1.54) is 27.6 Å². The monoisotopic (exact) mass is 601 g/mol. The maximum Gasteiger partial charge on any atom is 0.491 e. The van der Waals surface area contributed by atoms with E-state index in [0.717, 1.165) is 44.3 Å². The van der Waals surface area contributed by atoms with Gasteiger partial charge in [0.2, 0.25) is 11.8 Å². The first-order valence-electron chi connectivity index (χ1n) is 14.4. The Hall–Kier alpha value is -4.32. The van der Waals surface area contributed by atoms with Crippen LogP contribution in [0.1, 0.15) is 35.3 Å². The van der Waals surface area contributed by atoms with E-state index in [0.29, 0.717) is 11.6 Å². The van der Waals surface area contributed by atoms with Crippen molar-refractivity contribution in [1.82, 2.24) is 14.8 Å². The van der Waals surface area contributed by atoms with Crippen molar-refractivity contribution < 1.29 is 28.4 Å². The predicted molar refractivity (Wildman–Crippen MR) is 168 cm³/mol. The number of H-pyrrole nitrogens is 1. The molecule has 4 aromatic rings. The van der Waals surface area contributed by atoms with Crippen LogP contribution in [-0.2, 0) is 11.2 Å². The number of hydrogen-bond acceptors (Lipinski definition) is 5. The summed E-state index contributed by atoms with van der Waals surface area (Å²) in [6, 6.07) is 18.8. The van der Waals surface area contributed by atoms with Crippen molar-refractivity contribution in [1.29, 1.82) is 0 Å². The lowest BCUT2D eigenvalue weighted by Crippen LogP contribution is -2.47. The molecule has 2 atom stereocenters. The summed E-state index contributed by atoms with van der Waals surface area (Å²) < 4.78 is 24.9. The maximum absolute atomic E-state index is 12.9. The molecule has 1 radical (unpaired) electrons. The zero-order chi connectivity index (χ0) is 32.0. The lowest BCUT2D eigenvalue weighted by atomic mass is 9.79. The standard InChI is InChI=1S/C20H25N3O.C7H6NO.C6H5BF2O2/c1-4-23(5-2)20(24)14-9-16-15-7-6-8-17-19(15)13(11-21-17)10-18(16)22(3)12-14;8-7(9)6-4-2-1-3-5-6;8-4-1-2-6(9)5(3-4)7(10)11/h6-9,11,14,18,21H,4-5,10,12H2,1-3H3;1-4H,(H2,8,9);1-3,10-11H/t14-,18-;;/m1../s1. The van der Waals surface area contributed by atoms with Gasteiger partial charge in [0.1, 0.15) is 11.6 Å². The number of nitrogens with zero attached hydrogens (tertiary/aromatic N) is 2. The first-order valence-corrected chi connectivity index (χ1v) is 14.4. The number of rotatable bonds is 5. The fourth-order valence-electron chi connectivity index (χ4n) is 5.63. The van der Waals surface area contributed by atoms with E-state index in [1.54, 1.807) is 24.3 Å². The van der Waals surface area contributed by atoms with E-state index in [-0.39, 0.29) is 11.8 Å². The van der Waals surface area contributed by atoms with E-state index in [4.69, 9.17) is 15.8 Å². The molecule has 2 aliphatic rings. The van der Waals surface area contributed by atoms with Gasteiger partial charge in [-0.05, 0) is 80.4 Å². The zero-order valence-electron chi connectivity index (χ0n) is 24.9. The lowest BCUT2D eigenvalue weighted by molar-refractivity contribution is -0.134. The van der Waals surface area contributed by atoms with Gasteiger partial charge in [0.05, 0.1) is 5.92 Å². The van der Waals surface area contributed by atoms with Crippen LogP contribution in [0.4, 0.5) is 8.78 Å². The van der Waals surface area contributed by atoms with Crippen molar-refractivity contribution >= 4 is 40.9 Å². The number of halogens is 2. The number of likely N-dealkylation sites (N-methyl/N-ethyl adjacent to an activating group) is 1.